The van der Waals surface area contributed by atoms with E-state index in [-0.39, 0.29) is 37.9 Å². The monoisotopic (exact) mass is 395 g/mol. The van der Waals surface area contributed by atoms with Crippen molar-refractivity contribution < 1.29 is 30.1 Å². The lowest BCUT2D eigenvalue weighted by Crippen LogP contribution is -2.51. The first-order valence-electron chi connectivity index (χ1n) is 12.6. The molecule has 1 amide bonds. The molecule has 9 nitrogen and oxygen atoms in total. The number of nitrogen functional groups attached to an aromatic ring is 1. The van der Waals surface area contributed by atoms with Gasteiger partial charge in [0.25, 0.3) is 5.91 Å². The lowest BCUT2D eigenvalue weighted by atomic mass is 10.2. The molecule has 0 radical (unpaired) electrons. The predicted octanol–water partition coefficient (Wildman–Crippen LogP) is 1.06. The van der Waals surface area contributed by atoms with Crippen molar-refractivity contribution in [2.75, 3.05) is 57.6 Å². The summed E-state index contributed by atoms with van der Waals surface area (Å²) in [7, 11) is 2.93. The number of anilines is 2. The molecule has 0 aliphatic carbocycles. The van der Waals surface area contributed by atoms with Crippen molar-refractivity contribution in [1.82, 2.24) is 14.9 Å². The van der Waals surface area contributed by atoms with Gasteiger partial charge in [0, 0.05) is 49.7 Å². The first-order chi connectivity index (χ1) is 16.7. The summed E-state index contributed by atoms with van der Waals surface area (Å²) in [5.74, 6) is 0.167. The number of nitrogens with zero attached hydrogens (tertiary/aromatic N) is 4. The molecule has 0 spiro atoms. The Morgan fingerprint density at radius 3 is 2.64 bits per heavy atom. The third-order valence-electron chi connectivity index (χ3n) is 4.70. The summed E-state index contributed by atoms with van der Waals surface area (Å²) in [5.41, 5.74) is 0.772. The number of amides is 1. The van der Waals surface area contributed by atoms with Crippen LogP contribution >= 0.6 is 0 Å². The normalized spacial score (nSPS) is 29.3. The minimum absolute atomic E-state index is 0.00599. The second kappa shape index (κ2) is 7.67. The Morgan fingerprint density at radius 2 is 2.00 bits per heavy atom. The van der Waals surface area contributed by atoms with Gasteiger partial charge in [0.05, 0.1) is 22.5 Å². The Balaban J connectivity index is 1.56. The number of fused-ring (bicyclic) bond motifs is 1. The van der Waals surface area contributed by atoms with Crippen LogP contribution in [0, 0.1) is 0 Å². The molecule has 2 saturated heterocycles. The molecule has 1 aromatic carbocycles. The van der Waals surface area contributed by atoms with Crippen molar-refractivity contribution in [1.29, 1.82) is 0 Å². The molecule has 2 aliphatic rings. The SMILES string of the molecule is [2H]N([2H])c1nc(N2CCN(C(=O)C3OC([2H])([2H])C([2H])([2H])C3([2H])[2H])CC2)nc2cc(OC)c(OC)cc12. The van der Waals surface area contributed by atoms with Gasteiger partial charge in [0.2, 0.25) is 5.95 Å². The predicted molar refractivity (Wildman–Crippen MR) is 105 cm³/mol. The molecular formula is C19H25N5O4. The van der Waals surface area contributed by atoms with Gasteiger partial charge in [-0.25, -0.2) is 4.98 Å². The lowest BCUT2D eigenvalue weighted by molar-refractivity contribution is -0.141. The second-order valence-electron chi connectivity index (χ2n) is 6.25. The van der Waals surface area contributed by atoms with E-state index in [1.807, 2.05) is 0 Å². The molecule has 9 heteroatoms. The van der Waals surface area contributed by atoms with Crippen molar-refractivity contribution in [3.63, 3.8) is 0 Å². The minimum Gasteiger partial charge on any atom is -0.493 e. The van der Waals surface area contributed by atoms with E-state index in [0.717, 1.165) is 0 Å². The van der Waals surface area contributed by atoms with Crippen molar-refractivity contribution >= 4 is 28.6 Å². The largest absolute Gasteiger partial charge is 0.493 e. The standard InChI is InChI=1S/C19H25N5O4/c1-26-15-10-12-13(11-16(15)27-2)21-19(22-17(12)20)24-7-5-23(6-8-24)18(25)14-4-3-9-28-14/h10-11,14H,3-9H2,1-2H3,(H2,20,21,22)/i3D2,4D2,9D2/hD2. The summed E-state index contributed by atoms with van der Waals surface area (Å²) >= 11 is 0. The first-order valence-corrected chi connectivity index (χ1v) is 8.68. The fourth-order valence-electron chi connectivity index (χ4n) is 3.19. The highest BCUT2D eigenvalue weighted by molar-refractivity contribution is 5.91. The van der Waals surface area contributed by atoms with Crippen molar-refractivity contribution in [3.8, 4) is 11.5 Å². The molecule has 2 aliphatic heterocycles. The Bertz CT molecular complexity index is 1180. The van der Waals surface area contributed by atoms with Gasteiger partial charge in [-0.15, -0.1) is 0 Å². The molecule has 150 valence electrons. The summed E-state index contributed by atoms with van der Waals surface area (Å²) in [6, 6.07) is 3.18. The summed E-state index contributed by atoms with van der Waals surface area (Å²) < 4.78 is 78.1. The van der Waals surface area contributed by atoms with Crippen LogP contribution < -0.4 is 20.1 Å². The van der Waals surface area contributed by atoms with Crippen LogP contribution in [0.3, 0.4) is 0 Å². The number of carbonyl (C=O) groups excluding carboxylic acids is 1. The zero-order chi connectivity index (χ0) is 26.6. The number of methoxy groups -OCH3 is 2. The van der Waals surface area contributed by atoms with E-state index in [1.54, 1.807) is 17.0 Å². The molecule has 4 rings (SSSR count). The molecule has 2 aromatic rings. The highest BCUT2D eigenvalue weighted by Crippen LogP contribution is 2.34. The third kappa shape index (κ3) is 3.37. The summed E-state index contributed by atoms with van der Waals surface area (Å²) in [6.45, 7) is -2.34. The number of piperazine rings is 1. The topological polar surface area (TPSA) is 103 Å². The number of nitrogens with two attached hydrogens (primary N) is 1. The van der Waals surface area contributed by atoms with Gasteiger partial charge in [-0.3, -0.25) is 4.79 Å². The fourth-order valence-corrected chi connectivity index (χ4v) is 3.19. The maximum Gasteiger partial charge on any atom is 0.251 e. The van der Waals surface area contributed by atoms with Gasteiger partial charge in [-0.05, 0) is 18.8 Å². The number of carbonyl (C=O) groups is 1. The van der Waals surface area contributed by atoms with Gasteiger partial charge in [0.1, 0.15) is 11.9 Å². The van der Waals surface area contributed by atoms with E-state index in [2.05, 4.69) is 9.97 Å². The van der Waals surface area contributed by atoms with E-state index in [4.69, 9.17) is 25.3 Å². The maximum atomic E-state index is 13.0. The minimum atomic E-state index is -3.01. The molecule has 28 heavy (non-hydrogen) atoms. The van der Waals surface area contributed by atoms with Crippen LogP contribution in [0.4, 0.5) is 11.8 Å². The molecule has 2 N–H and O–H groups in total. The van der Waals surface area contributed by atoms with Crippen LogP contribution in [0.1, 0.15) is 21.0 Å². The first kappa shape index (κ1) is 11.3. The Morgan fingerprint density at radius 1 is 1.25 bits per heavy atom. The zero-order valence-corrected chi connectivity index (χ0v) is 15.4. The van der Waals surface area contributed by atoms with Gasteiger partial charge >= 0.3 is 0 Å². The van der Waals surface area contributed by atoms with Crippen LogP contribution in [0.25, 0.3) is 10.9 Å². The molecule has 3 heterocycles. The van der Waals surface area contributed by atoms with Gasteiger partial charge in [0.15, 0.2) is 14.3 Å². The zero-order valence-electron chi connectivity index (χ0n) is 23.4. The Labute approximate surface area is 174 Å². The van der Waals surface area contributed by atoms with Crippen LogP contribution in [0.5, 0.6) is 11.5 Å². The average Bonchev–Trinajstić information content (AvgIpc) is 2.97. The van der Waals surface area contributed by atoms with Crippen LogP contribution in [-0.2, 0) is 9.53 Å². The van der Waals surface area contributed by atoms with Crippen molar-refractivity contribution in [2.24, 2.45) is 0 Å². The second-order valence-corrected chi connectivity index (χ2v) is 6.25. The molecule has 2 fully saturated rings. The molecule has 1 aromatic heterocycles. The highest BCUT2D eigenvalue weighted by Gasteiger charge is 2.31. The summed E-state index contributed by atoms with van der Waals surface area (Å²) in [6.07, 6.45) is -7.81. The summed E-state index contributed by atoms with van der Waals surface area (Å²) in [5, 5.41) is 0.402. The number of benzene rings is 1. The molecule has 1 atom stereocenters. The van der Waals surface area contributed by atoms with Crippen molar-refractivity contribution in [3.05, 3.63) is 12.1 Å². The molecular weight excluding hydrogens is 362 g/mol. The third-order valence-corrected chi connectivity index (χ3v) is 4.70. The number of rotatable bonds is 5. The maximum absolute atomic E-state index is 13.0. The van der Waals surface area contributed by atoms with Crippen LogP contribution in [0.2, 0.25) is 2.82 Å². The number of aromatic nitrogens is 2. The van der Waals surface area contributed by atoms with E-state index >= 15 is 0 Å². The molecule has 0 bridgehead atoms. The van der Waals surface area contributed by atoms with E-state index < -0.39 is 31.3 Å². The van der Waals surface area contributed by atoms with E-state index in [0.29, 0.717) is 28.1 Å². The van der Waals surface area contributed by atoms with Crippen molar-refractivity contribution in [2.45, 2.75) is 18.8 Å². The quantitative estimate of drug-likeness (QED) is 0.802. The molecule has 0 saturated carbocycles. The summed E-state index contributed by atoms with van der Waals surface area (Å²) in [4.78, 5) is 24.9. The number of ether oxygens (including phenoxy) is 3. The number of hydrogen-bond donors (Lipinski definition) is 1. The van der Waals surface area contributed by atoms with Crippen LogP contribution in [0.15, 0.2) is 12.1 Å². The van der Waals surface area contributed by atoms with Crippen LogP contribution in [-0.4, -0.2) is 73.8 Å². The smallest absolute Gasteiger partial charge is 0.251 e. The lowest BCUT2D eigenvalue weighted by Gasteiger charge is -2.35. The molecule has 1 unspecified atom stereocenters. The van der Waals surface area contributed by atoms with Gasteiger partial charge in [-0.2, -0.15) is 4.98 Å². The average molecular weight is 395 g/mol. The van der Waals surface area contributed by atoms with E-state index in [1.165, 1.54) is 19.1 Å². The van der Waals surface area contributed by atoms with Gasteiger partial charge < -0.3 is 29.7 Å². The fraction of sp³-hybridized carbons (Fsp3) is 0.526. The Hall–Kier alpha value is -2.81. The highest BCUT2D eigenvalue weighted by atomic mass is 16.5. The number of hydrogen-bond acceptors (Lipinski definition) is 8. The van der Waals surface area contributed by atoms with E-state index in [9.17, 15) is 4.79 Å². The Kier molecular flexibility index (Phi) is 3.08. The van der Waals surface area contributed by atoms with Gasteiger partial charge in [-0.1, -0.05) is 0 Å².